The molecular weight excluding hydrogens is 253 g/mol. The summed E-state index contributed by atoms with van der Waals surface area (Å²) in [5.74, 6) is 0.544. The van der Waals surface area contributed by atoms with Crippen molar-refractivity contribution in [3.8, 4) is 0 Å². The first-order valence-electron chi connectivity index (χ1n) is 6.80. The highest BCUT2D eigenvalue weighted by atomic mass is 19.1. The van der Waals surface area contributed by atoms with Crippen molar-refractivity contribution in [1.29, 1.82) is 0 Å². The van der Waals surface area contributed by atoms with Crippen molar-refractivity contribution < 1.29 is 4.39 Å². The van der Waals surface area contributed by atoms with Gasteiger partial charge in [0.2, 0.25) is 0 Å². The van der Waals surface area contributed by atoms with Crippen LogP contribution >= 0.6 is 0 Å². The van der Waals surface area contributed by atoms with Crippen LogP contribution in [0.3, 0.4) is 0 Å². The van der Waals surface area contributed by atoms with E-state index in [0.717, 1.165) is 23.6 Å². The van der Waals surface area contributed by atoms with E-state index in [0.29, 0.717) is 12.2 Å². The summed E-state index contributed by atoms with van der Waals surface area (Å²) in [5.41, 5.74) is 2.68. The molecule has 4 heteroatoms. The number of para-hydroxylation sites is 1. The van der Waals surface area contributed by atoms with Crippen LogP contribution in [0, 0.1) is 12.7 Å². The average molecular weight is 273 g/mol. The van der Waals surface area contributed by atoms with Gasteiger partial charge in [0.25, 0.3) is 0 Å². The molecule has 1 aromatic carbocycles. The third-order valence-corrected chi connectivity index (χ3v) is 3.28. The van der Waals surface area contributed by atoms with Gasteiger partial charge in [-0.25, -0.2) is 9.37 Å². The zero-order chi connectivity index (χ0) is 14.5. The van der Waals surface area contributed by atoms with Gasteiger partial charge in [-0.05, 0) is 44.7 Å². The van der Waals surface area contributed by atoms with E-state index in [9.17, 15) is 4.39 Å². The maximum atomic E-state index is 13.9. The van der Waals surface area contributed by atoms with Gasteiger partial charge in [-0.15, -0.1) is 0 Å². The highest BCUT2D eigenvalue weighted by Gasteiger charge is 2.13. The number of hydrogen-bond donors (Lipinski definition) is 1. The molecule has 2 rings (SSSR count). The summed E-state index contributed by atoms with van der Waals surface area (Å²) in [6, 6.07) is 10.8. The van der Waals surface area contributed by atoms with Gasteiger partial charge in [-0.1, -0.05) is 18.2 Å². The monoisotopic (exact) mass is 273 g/mol. The van der Waals surface area contributed by atoms with Gasteiger partial charge in [0.05, 0.1) is 5.69 Å². The largest absolute Gasteiger partial charge is 0.324 e. The van der Waals surface area contributed by atoms with Crippen LogP contribution < -0.4 is 10.2 Å². The van der Waals surface area contributed by atoms with Gasteiger partial charge >= 0.3 is 0 Å². The molecule has 3 nitrogen and oxygen atoms in total. The Morgan fingerprint density at radius 2 is 1.95 bits per heavy atom. The van der Waals surface area contributed by atoms with E-state index in [1.165, 1.54) is 6.07 Å². The Morgan fingerprint density at radius 3 is 2.55 bits per heavy atom. The van der Waals surface area contributed by atoms with Crippen LogP contribution in [-0.2, 0) is 6.54 Å². The molecule has 1 N–H and O–H groups in total. The number of halogens is 1. The number of hydrogen-bond acceptors (Lipinski definition) is 3. The molecule has 0 aliphatic heterocycles. The summed E-state index contributed by atoms with van der Waals surface area (Å²) in [7, 11) is 1.91. The van der Waals surface area contributed by atoms with Crippen molar-refractivity contribution in [1.82, 2.24) is 10.3 Å². The predicted molar refractivity (Wildman–Crippen MR) is 80.8 cm³/mol. The molecule has 20 heavy (non-hydrogen) atoms. The van der Waals surface area contributed by atoms with Crippen molar-refractivity contribution in [2.45, 2.75) is 20.4 Å². The minimum atomic E-state index is -0.229. The number of aryl methyl sites for hydroxylation is 1. The SMILES string of the molecule is CCN(c1ccc(CNC)c(C)n1)c1ccccc1F. The first-order valence-corrected chi connectivity index (χ1v) is 6.80. The van der Waals surface area contributed by atoms with Crippen LogP contribution in [0.4, 0.5) is 15.9 Å². The lowest BCUT2D eigenvalue weighted by molar-refractivity contribution is 0.625. The Bertz CT molecular complexity index is 584. The van der Waals surface area contributed by atoms with Crippen LogP contribution in [-0.4, -0.2) is 18.6 Å². The molecule has 1 heterocycles. The molecule has 0 unspecified atom stereocenters. The van der Waals surface area contributed by atoms with E-state index in [1.807, 2.05) is 44.0 Å². The molecule has 2 aromatic rings. The quantitative estimate of drug-likeness (QED) is 0.905. The molecule has 0 amide bonds. The molecule has 0 bridgehead atoms. The van der Waals surface area contributed by atoms with E-state index < -0.39 is 0 Å². The van der Waals surface area contributed by atoms with Crippen LogP contribution in [0.25, 0.3) is 0 Å². The molecule has 0 aliphatic rings. The molecule has 0 fully saturated rings. The molecule has 0 atom stereocenters. The number of nitrogens with one attached hydrogen (secondary N) is 1. The van der Waals surface area contributed by atoms with Crippen LogP contribution in [0.5, 0.6) is 0 Å². The van der Waals surface area contributed by atoms with Gasteiger partial charge in [-0.3, -0.25) is 0 Å². The molecule has 106 valence electrons. The Labute approximate surface area is 119 Å². The van der Waals surface area contributed by atoms with Crippen LogP contribution in [0.1, 0.15) is 18.2 Å². The highest BCUT2D eigenvalue weighted by Crippen LogP contribution is 2.26. The number of pyridine rings is 1. The van der Waals surface area contributed by atoms with E-state index in [2.05, 4.69) is 10.3 Å². The van der Waals surface area contributed by atoms with Crippen molar-refractivity contribution >= 4 is 11.5 Å². The van der Waals surface area contributed by atoms with E-state index in [4.69, 9.17) is 0 Å². The van der Waals surface area contributed by atoms with Gasteiger partial charge in [-0.2, -0.15) is 0 Å². The fourth-order valence-electron chi connectivity index (χ4n) is 2.23. The molecule has 0 saturated heterocycles. The van der Waals surface area contributed by atoms with Crippen molar-refractivity contribution in [3.63, 3.8) is 0 Å². The molecule has 1 aromatic heterocycles. The lowest BCUT2D eigenvalue weighted by Crippen LogP contribution is -2.19. The molecule has 0 saturated carbocycles. The number of aromatic nitrogens is 1. The first kappa shape index (κ1) is 14.5. The summed E-state index contributed by atoms with van der Waals surface area (Å²) in [6.07, 6.45) is 0. The number of benzene rings is 1. The fourth-order valence-corrected chi connectivity index (χ4v) is 2.23. The van der Waals surface area contributed by atoms with Crippen LogP contribution in [0.2, 0.25) is 0 Å². The normalized spacial score (nSPS) is 10.6. The Kier molecular flexibility index (Phi) is 4.69. The van der Waals surface area contributed by atoms with Crippen molar-refractivity contribution in [2.75, 3.05) is 18.5 Å². The Balaban J connectivity index is 2.38. The summed E-state index contributed by atoms with van der Waals surface area (Å²) in [5, 5.41) is 3.11. The average Bonchev–Trinajstić information content (AvgIpc) is 2.45. The summed E-state index contributed by atoms with van der Waals surface area (Å²) in [6.45, 7) is 5.42. The number of anilines is 2. The lowest BCUT2D eigenvalue weighted by Gasteiger charge is -2.23. The number of rotatable bonds is 5. The topological polar surface area (TPSA) is 28.2 Å². The minimum Gasteiger partial charge on any atom is -0.324 e. The van der Waals surface area contributed by atoms with Crippen molar-refractivity contribution in [2.24, 2.45) is 0 Å². The van der Waals surface area contributed by atoms with Gasteiger partial charge in [0.1, 0.15) is 11.6 Å². The Hall–Kier alpha value is -1.94. The second-order valence-corrected chi connectivity index (χ2v) is 4.64. The standard InChI is InChI=1S/C16H20FN3/c1-4-20(15-8-6-5-7-14(15)17)16-10-9-13(11-18-3)12(2)19-16/h5-10,18H,4,11H2,1-3H3. The van der Waals surface area contributed by atoms with Crippen LogP contribution in [0.15, 0.2) is 36.4 Å². The maximum Gasteiger partial charge on any atom is 0.146 e. The summed E-state index contributed by atoms with van der Waals surface area (Å²) < 4.78 is 13.9. The third kappa shape index (κ3) is 2.96. The molecule has 0 radical (unpaired) electrons. The second-order valence-electron chi connectivity index (χ2n) is 4.64. The van der Waals surface area contributed by atoms with E-state index in [1.54, 1.807) is 12.1 Å². The van der Waals surface area contributed by atoms with Crippen molar-refractivity contribution in [3.05, 3.63) is 53.5 Å². The summed E-state index contributed by atoms with van der Waals surface area (Å²) in [4.78, 5) is 6.48. The first-order chi connectivity index (χ1) is 9.67. The maximum absolute atomic E-state index is 13.9. The number of nitrogens with zero attached hydrogens (tertiary/aromatic N) is 2. The Morgan fingerprint density at radius 1 is 1.20 bits per heavy atom. The third-order valence-electron chi connectivity index (χ3n) is 3.28. The zero-order valence-corrected chi connectivity index (χ0v) is 12.2. The molecule has 0 aliphatic carbocycles. The molecule has 0 spiro atoms. The lowest BCUT2D eigenvalue weighted by atomic mass is 10.2. The highest BCUT2D eigenvalue weighted by molar-refractivity contribution is 5.60. The fraction of sp³-hybridized carbons (Fsp3) is 0.312. The van der Waals surface area contributed by atoms with Gasteiger partial charge in [0.15, 0.2) is 0 Å². The van der Waals surface area contributed by atoms with E-state index in [-0.39, 0.29) is 5.82 Å². The smallest absolute Gasteiger partial charge is 0.146 e. The van der Waals surface area contributed by atoms with Gasteiger partial charge < -0.3 is 10.2 Å². The zero-order valence-electron chi connectivity index (χ0n) is 12.2. The second kappa shape index (κ2) is 6.48. The minimum absolute atomic E-state index is 0.229. The van der Waals surface area contributed by atoms with E-state index >= 15 is 0 Å². The molecular formula is C16H20FN3. The van der Waals surface area contributed by atoms with Gasteiger partial charge in [0, 0.05) is 18.8 Å². The summed E-state index contributed by atoms with van der Waals surface area (Å²) >= 11 is 0. The predicted octanol–water partition coefficient (Wildman–Crippen LogP) is 3.41.